The van der Waals surface area contributed by atoms with Crippen molar-refractivity contribution in [3.8, 4) is 77.9 Å². The molecule has 0 aliphatic heterocycles. The molecular formula is C118H146. The monoisotopic (exact) mass is 1560 g/mol. The number of benzene rings is 10. The first-order chi connectivity index (χ1) is 58.0. The van der Waals surface area contributed by atoms with Crippen molar-refractivity contribution in [2.45, 2.75) is 372 Å². The number of hydrogen-bond acceptors (Lipinski definition) is 0. The second-order valence-electron chi connectivity index (χ2n) is 38.7. The molecule has 10 aromatic rings. The molecule has 0 radical (unpaired) electrons. The topological polar surface area (TPSA) is 0 Å². The van der Waals surface area contributed by atoms with Gasteiger partial charge in [-0.1, -0.05) is 429 Å². The molecule has 0 atom stereocenters. The molecule has 0 N–H and O–H groups in total. The predicted molar refractivity (Wildman–Crippen MR) is 511 cm³/mol. The van der Waals surface area contributed by atoms with Crippen LogP contribution in [0.15, 0.2) is 182 Å². The summed E-state index contributed by atoms with van der Waals surface area (Å²) in [6, 6.07) is 77.7. The molecule has 0 nitrogen and oxygen atoms in total. The average Bonchev–Trinajstić information content (AvgIpc) is 1.52. The average molecular weight is 1560 g/mol. The van der Waals surface area contributed by atoms with E-state index in [1.54, 1.807) is 33.4 Å². The quantitative estimate of drug-likeness (QED) is 0.0334. The van der Waals surface area contributed by atoms with Crippen LogP contribution >= 0.6 is 0 Å². The van der Waals surface area contributed by atoms with Crippen LogP contribution in [0.2, 0.25) is 0 Å². The third kappa shape index (κ3) is 16.5. The van der Waals surface area contributed by atoms with Crippen molar-refractivity contribution in [1.82, 2.24) is 0 Å². The Morgan fingerprint density at radius 2 is 0.390 bits per heavy atom. The van der Waals surface area contributed by atoms with Gasteiger partial charge in [-0.2, -0.15) is 0 Å². The van der Waals surface area contributed by atoms with Crippen LogP contribution in [-0.4, -0.2) is 0 Å². The van der Waals surface area contributed by atoms with Gasteiger partial charge in [0.25, 0.3) is 0 Å². The molecule has 6 aliphatic carbocycles. The lowest BCUT2D eigenvalue weighted by Crippen LogP contribution is -2.30. The first-order valence-electron chi connectivity index (χ1n) is 49.4. The Morgan fingerprint density at radius 3 is 0.636 bits per heavy atom. The van der Waals surface area contributed by atoms with E-state index in [9.17, 15) is 0 Å². The Labute approximate surface area is 716 Å². The van der Waals surface area contributed by atoms with Gasteiger partial charge in [0.2, 0.25) is 0 Å². The fourth-order valence-corrected chi connectivity index (χ4v) is 24.0. The van der Waals surface area contributed by atoms with E-state index in [1.165, 1.54) is 429 Å². The molecule has 0 heteroatoms. The molecule has 0 heterocycles. The smallest absolute Gasteiger partial charge is 0.0654 e. The molecule has 6 aliphatic rings. The first-order valence-corrected chi connectivity index (χ1v) is 49.4. The standard InChI is InChI=1S/C118H146/c1-9-15-21-27-33-39-69-115(70-40-34-28-22-16-10-2)107-75-85(7)45-61-99(107)100-63-53-91(79-108(100)115)92-54-64-101-102-65-55-93(81-110(102)116(109(101)80-92,71-41-35-29-23-17-11-3)72-42-36-30-24-18-12-4)94-56-66-103-104-67-57-95(83-112(104)117(111(103)82-94,73-43-37-31-25-19-13-5)74-44-38-32-26-20-14-6)96-58-68-106-105-62-46-86(8)76-113(105)118(114(106)84-96,97-59-51-87-47-49-89(87)77-97)98-60-52-88-48-50-90(88)78-98/h45-46,51-68,75-84H,9-44,47-50,69-74H2,1-8H3. The van der Waals surface area contributed by atoms with Crippen molar-refractivity contribution < 1.29 is 0 Å². The minimum Gasteiger partial charge on any atom is -0.0654 e. The van der Waals surface area contributed by atoms with Crippen molar-refractivity contribution in [3.63, 3.8) is 0 Å². The Bertz CT molecular complexity index is 4990. The van der Waals surface area contributed by atoms with E-state index in [1.807, 2.05) is 0 Å². The van der Waals surface area contributed by atoms with Gasteiger partial charge in [-0.05, 0) is 270 Å². The normalized spacial score (nSPS) is 15.2. The molecule has 0 saturated carbocycles. The largest absolute Gasteiger partial charge is 0.0714 e. The van der Waals surface area contributed by atoms with Crippen LogP contribution in [0.4, 0.5) is 0 Å². The van der Waals surface area contributed by atoms with Gasteiger partial charge in [0.1, 0.15) is 0 Å². The van der Waals surface area contributed by atoms with Crippen molar-refractivity contribution >= 4 is 0 Å². The fourth-order valence-electron chi connectivity index (χ4n) is 24.0. The number of fused-ring (bicyclic) bond motifs is 14. The summed E-state index contributed by atoms with van der Waals surface area (Å²) in [5.74, 6) is 0. The maximum absolute atomic E-state index is 2.80. The number of aryl methyl sites for hydroxylation is 6. The van der Waals surface area contributed by atoms with Crippen molar-refractivity contribution in [2.24, 2.45) is 0 Å². The van der Waals surface area contributed by atoms with E-state index in [0.717, 1.165) is 0 Å². The lowest BCUT2D eigenvalue weighted by molar-refractivity contribution is 0.397. The van der Waals surface area contributed by atoms with E-state index >= 15 is 0 Å². The Hall–Kier alpha value is -7.80. The summed E-state index contributed by atoms with van der Waals surface area (Å²) in [5, 5.41) is 0. The van der Waals surface area contributed by atoms with Gasteiger partial charge in [0.05, 0.1) is 5.41 Å². The zero-order chi connectivity index (χ0) is 81.1. The lowest BCUT2D eigenvalue weighted by Gasteiger charge is -2.37. The van der Waals surface area contributed by atoms with Gasteiger partial charge in [-0.3, -0.25) is 0 Å². The molecule has 0 amide bonds. The van der Waals surface area contributed by atoms with Crippen LogP contribution in [-0.2, 0) is 47.3 Å². The van der Waals surface area contributed by atoms with E-state index in [4.69, 9.17) is 0 Å². The molecule has 0 saturated heterocycles. The van der Waals surface area contributed by atoms with Crippen LogP contribution in [0.3, 0.4) is 0 Å². The highest BCUT2D eigenvalue weighted by Crippen LogP contribution is 2.63. The lowest BCUT2D eigenvalue weighted by atomic mass is 9.65. The van der Waals surface area contributed by atoms with Crippen LogP contribution < -0.4 is 0 Å². The molecule has 0 aromatic heterocycles. The maximum Gasteiger partial charge on any atom is 0.0714 e. The summed E-state index contributed by atoms with van der Waals surface area (Å²) in [6.45, 7) is 18.9. The molecule has 0 fully saturated rings. The number of unbranched alkanes of at least 4 members (excludes halogenated alkanes) is 30. The van der Waals surface area contributed by atoms with E-state index in [2.05, 4.69) is 237 Å². The minimum atomic E-state index is -0.431. The highest BCUT2D eigenvalue weighted by Gasteiger charge is 2.50. The Morgan fingerprint density at radius 1 is 0.186 bits per heavy atom. The zero-order valence-corrected chi connectivity index (χ0v) is 74.8. The second kappa shape index (κ2) is 38.5. The molecule has 10 aromatic carbocycles. The molecule has 0 spiro atoms. The third-order valence-corrected chi connectivity index (χ3v) is 30.9. The van der Waals surface area contributed by atoms with Crippen molar-refractivity contribution in [2.75, 3.05) is 0 Å². The van der Waals surface area contributed by atoms with Gasteiger partial charge >= 0.3 is 0 Å². The molecule has 0 bridgehead atoms. The maximum atomic E-state index is 2.80. The van der Waals surface area contributed by atoms with E-state index in [-0.39, 0.29) is 16.2 Å². The van der Waals surface area contributed by atoms with Gasteiger partial charge < -0.3 is 0 Å². The molecule has 16 rings (SSSR count). The summed E-state index contributed by atoms with van der Waals surface area (Å²) in [4.78, 5) is 0. The molecule has 618 valence electrons. The highest BCUT2D eigenvalue weighted by molar-refractivity contribution is 5.93. The van der Waals surface area contributed by atoms with E-state index in [0.29, 0.717) is 0 Å². The summed E-state index contributed by atoms with van der Waals surface area (Å²) in [7, 11) is 0. The third-order valence-electron chi connectivity index (χ3n) is 30.9. The second-order valence-corrected chi connectivity index (χ2v) is 38.7. The highest BCUT2D eigenvalue weighted by atomic mass is 14.5. The SMILES string of the molecule is CCCCCCCCC1(CCCCCCCC)c2cc(C)ccc2-c2ccc(-c3ccc4c(c3)C(CCCCCCCC)(CCCCCCCC)c3cc(-c5ccc6c(c5)C(CCCCCCCC)(CCCCCCCC)c5cc(-c7ccc8c(c7)C(c7ccc9c(c7)CC9)(c7ccc9c(c7)CC9)c7cc(C)ccc7-8)ccc5-6)ccc3-4)cc21. The van der Waals surface area contributed by atoms with Gasteiger partial charge in [-0.25, -0.2) is 0 Å². The van der Waals surface area contributed by atoms with Crippen molar-refractivity contribution in [3.05, 3.63) is 271 Å². The Balaban J connectivity index is 0.810. The summed E-state index contributed by atoms with van der Waals surface area (Å²) < 4.78 is 0. The van der Waals surface area contributed by atoms with Crippen LogP contribution in [0.5, 0.6) is 0 Å². The number of hydrogen-bond donors (Lipinski definition) is 0. The number of rotatable bonds is 47. The van der Waals surface area contributed by atoms with Crippen molar-refractivity contribution in [1.29, 1.82) is 0 Å². The van der Waals surface area contributed by atoms with E-state index < -0.39 is 5.41 Å². The summed E-state index contributed by atoms with van der Waals surface area (Å²) >= 11 is 0. The Kier molecular flexibility index (Phi) is 27.4. The van der Waals surface area contributed by atoms with Crippen LogP contribution in [0.1, 0.15) is 400 Å². The minimum absolute atomic E-state index is 0.0352. The van der Waals surface area contributed by atoms with Gasteiger partial charge in [0.15, 0.2) is 0 Å². The van der Waals surface area contributed by atoms with Gasteiger partial charge in [0, 0.05) is 16.2 Å². The van der Waals surface area contributed by atoms with Crippen LogP contribution in [0.25, 0.3) is 77.9 Å². The zero-order valence-electron chi connectivity index (χ0n) is 74.8. The fraction of sp³-hybridized carbons (Fsp3) is 0.492. The summed E-state index contributed by atoms with van der Waals surface area (Å²) in [5.41, 5.74) is 43.9. The first kappa shape index (κ1) is 83.8. The van der Waals surface area contributed by atoms with Gasteiger partial charge in [-0.15, -0.1) is 0 Å². The summed E-state index contributed by atoms with van der Waals surface area (Å²) in [6.07, 6.45) is 59.5. The molecular weight excluding hydrogens is 1420 g/mol. The predicted octanol–water partition coefficient (Wildman–Crippen LogP) is 35.2. The van der Waals surface area contributed by atoms with Crippen LogP contribution in [0, 0.1) is 13.8 Å². The molecule has 118 heavy (non-hydrogen) atoms. The molecule has 0 unspecified atom stereocenters.